The van der Waals surface area contributed by atoms with Crippen molar-refractivity contribution in [2.24, 2.45) is 11.8 Å². The summed E-state index contributed by atoms with van der Waals surface area (Å²) in [5.41, 5.74) is 1.22. The topological polar surface area (TPSA) is 76.2 Å². The minimum atomic E-state index is -0.0600. The molecule has 7 nitrogen and oxygen atoms in total. The van der Waals surface area contributed by atoms with E-state index in [0.29, 0.717) is 23.7 Å². The van der Waals surface area contributed by atoms with Gasteiger partial charge in [-0.2, -0.15) is 0 Å². The Morgan fingerprint density at radius 3 is 2.88 bits per heavy atom. The lowest BCUT2D eigenvalue weighted by molar-refractivity contribution is 0.0898. The normalized spacial score (nSPS) is 26.1. The molecular formula is C18H23N5O2. The van der Waals surface area contributed by atoms with Crippen LogP contribution in [-0.4, -0.2) is 44.7 Å². The summed E-state index contributed by atoms with van der Waals surface area (Å²) >= 11 is 0. The Bertz CT molecular complexity index is 765. The average molecular weight is 341 g/mol. The zero-order valence-electron chi connectivity index (χ0n) is 14.2. The number of rotatable bonds is 4. The van der Waals surface area contributed by atoms with Crippen molar-refractivity contribution < 1.29 is 9.21 Å². The molecule has 0 unspecified atom stereocenters. The Labute approximate surface area is 146 Å². The van der Waals surface area contributed by atoms with Gasteiger partial charge in [0.1, 0.15) is 5.82 Å². The SMILES string of the molecule is O=C(NC1CCC1)c1nnc2n1C[C@@H]1CN(Cc3ccoc3)C[C@H]1C2. The molecule has 7 heteroatoms. The molecule has 5 rings (SSSR count). The molecule has 4 heterocycles. The van der Waals surface area contributed by atoms with Gasteiger partial charge in [0.15, 0.2) is 0 Å². The first-order chi connectivity index (χ1) is 12.3. The summed E-state index contributed by atoms with van der Waals surface area (Å²) in [6.07, 6.45) is 7.84. The minimum Gasteiger partial charge on any atom is -0.472 e. The summed E-state index contributed by atoms with van der Waals surface area (Å²) in [6, 6.07) is 2.36. The van der Waals surface area contributed by atoms with Crippen LogP contribution in [0.3, 0.4) is 0 Å². The average Bonchev–Trinajstić information content (AvgIpc) is 3.27. The number of hydrogen-bond acceptors (Lipinski definition) is 5. The van der Waals surface area contributed by atoms with Crippen LogP contribution < -0.4 is 5.32 Å². The van der Waals surface area contributed by atoms with E-state index in [0.717, 1.165) is 51.3 Å². The van der Waals surface area contributed by atoms with Crippen molar-refractivity contribution in [1.29, 1.82) is 0 Å². The monoisotopic (exact) mass is 341 g/mol. The zero-order chi connectivity index (χ0) is 16.8. The van der Waals surface area contributed by atoms with Crippen molar-refractivity contribution in [3.63, 3.8) is 0 Å². The van der Waals surface area contributed by atoms with Crippen LogP contribution >= 0.6 is 0 Å². The summed E-state index contributed by atoms with van der Waals surface area (Å²) in [5.74, 6) is 2.56. The van der Waals surface area contributed by atoms with E-state index < -0.39 is 0 Å². The Kier molecular flexibility index (Phi) is 3.62. The molecule has 1 saturated heterocycles. The van der Waals surface area contributed by atoms with Gasteiger partial charge in [0.25, 0.3) is 5.91 Å². The van der Waals surface area contributed by atoms with Crippen molar-refractivity contribution in [2.75, 3.05) is 13.1 Å². The van der Waals surface area contributed by atoms with E-state index in [1.54, 1.807) is 6.26 Å². The van der Waals surface area contributed by atoms with Gasteiger partial charge in [0.2, 0.25) is 5.82 Å². The molecule has 25 heavy (non-hydrogen) atoms. The Hall–Kier alpha value is -2.15. The maximum atomic E-state index is 12.5. The molecule has 1 saturated carbocycles. The first-order valence-corrected chi connectivity index (χ1v) is 9.22. The van der Waals surface area contributed by atoms with Crippen LogP contribution in [0.2, 0.25) is 0 Å². The number of fused-ring (bicyclic) bond motifs is 2. The van der Waals surface area contributed by atoms with Gasteiger partial charge in [0.05, 0.1) is 12.5 Å². The van der Waals surface area contributed by atoms with E-state index >= 15 is 0 Å². The maximum Gasteiger partial charge on any atom is 0.289 e. The molecule has 0 spiro atoms. The van der Waals surface area contributed by atoms with E-state index in [9.17, 15) is 4.79 Å². The Morgan fingerprint density at radius 2 is 2.12 bits per heavy atom. The second-order valence-electron chi connectivity index (χ2n) is 7.70. The molecule has 3 aliphatic rings. The lowest BCUT2D eigenvalue weighted by atomic mass is 9.89. The van der Waals surface area contributed by atoms with Gasteiger partial charge < -0.3 is 14.3 Å². The standard InChI is InChI=1S/C18H23N5O2/c24-18(19-15-2-1-3-15)17-21-20-16-6-13-8-22(7-12-4-5-25-11-12)9-14(13)10-23(16)17/h4-5,11,13-15H,1-3,6-10H2,(H,19,24)/t13-,14+/m1/s1. The number of nitrogens with one attached hydrogen (secondary N) is 1. The van der Waals surface area contributed by atoms with Gasteiger partial charge in [-0.3, -0.25) is 9.69 Å². The molecule has 2 aliphatic heterocycles. The third kappa shape index (κ3) is 2.76. The summed E-state index contributed by atoms with van der Waals surface area (Å²) in [6.45, 7) is 3.91. The van der Waals surface area contributed by atoms with Crippen molar-refractivity contribution >= 4 is 5.91 Å². The number of aromatic nitrogens is 3. The van der Waals surface area contributed by atoms with Gasteiger partial charge in [-0.05, 0) is 37.2 Å². The molecule has 0 bridgehead atoms. The van der Waals surface area contributed by atoms with Crippen LogP contribution in [0.5, 0.6) is 0 Å². The van der Waals surface area contributed by atoms with Crippen LogP contribution in [0.15, 0.2) is 23.0 Å². The smallest absolute Gasteiger partial charge is 0.289 e. The molecule has 2 atom stereocenters. The van der Waals surface area contributed by atoms with Crippen LogP contribution in [-0.2, 0) is 19.5 Å². The molecule has 1 amide bonds. The number of nitrogens with zero attached hydrogens (tertiary/aromatic N) is 4. The van der Waals surface area contributed by atoms with Gasteiger partial charge in [-0.25, -0.2) is 0 Å². The number of carbonyl (C=O) groups excluding carboxylic acids is 1. The predicted octanol–water partition coefficient (Wildman–Crippen LogP) is 1.46. The van der Waals surface area contributed by atoms with Gasteiger partial charge in [-0.15, -0.1) is 10.2 Å². The summed E-state index contributed by atoms with van der Waals surface area (Å²) < 4.78 is 7.23. The third-order valence-electron chi connectivity index (χ3n) is 5.97. The number of carbonyl (C=O) groups is 1. The van der Waals surface area contributed by atoms with E-state index in [4.69, 9.17) is 4.42 Å². The van der Waals surface area contributed by atoms with E-state index in [1.807, 2.05) is 12.3 Å². The number of furan rings is 1. The Balaban J connectivity index is 1.28. The van der Waals surface area contributed by atoms with Crippen LogP contribution in [0.1, 0.15) is 41.3 Å². The highest BCUT2D eigenvalue weighted by molar-refractivity contribution is 5.91. The Morgan fingerprint density at radius 1 is 1.24 bits per heavy atom. The molecule has 1 N–H and O–H groups in total. The molecule has 0 aromatic carbocycles. The van der Waals surface area contributed by atoms with Crippen LogP contribution in [0.25, 0.3) is 0 Å². The van der Waals surface area contributed by atoms with Crippen LogP contribution in [0, 0.1) is 11.8 Å². The first kappa shape index (κ1) is 15.1. The van der Waals surface area contributed by atoms with Crippen molar-refractivity contribution in [3.05, 3.63) is 35.8 Å². The second-order valence-corrected chi connectivity index (χ2v) is 7.70. The summed E-state index contributed by atoms with van der Waals surface area (Å²) in [4.78, 5) is 15.0. The quantitative estimate of drug-likeness (QED) is 0.911. The minimum absolute atomic E-state index is 0.0600. The molecule has 2 aromatic heterocycles. The highest BCUT2D eigenvalue weighted by Gasteiger charge is 2.39. The molecule has 0 radical (unpaired) electrons. The molecule has 2 aromatic rings. The lowest BCUT2D eigenvalue weighted by Gasteiger charge is -2.28. The number of likely N-dealkylation sites (tertiary alicyclic amines) is 1. The van der Waals surface area contributed by atoms with E-state index in [1.165, 1.54) is 12.0 Å². The molecule has 1 aliphatic carbocycles. The van der Waals surface area contributed by atoms with Gasteiger partial charge in [-0.1, -0.05) is 0 Å². The highest BCUT2D eigenvalue weighted by atomic mass is 16.3. The lowest BCUT2D eigenvalue weighted by Crippen LogP contribution is -2.41. The second kappa shape index (κ2) is 5.98. The summed E-state index contributed by atoms with van der Waals surface area (Å²) in [5, 5.41) is 11.6. The third-order valence-corrected chi connectivity index (χ3v) is 5.97. The predicted molar refractivity (Wildman–Crippen MR) is 89.8 cm³/mol. The highest BCUT2D eigenvalue weighted by Crippen LogP contribution is 2.33. The van der Waals surface area contributed by atoms with Gasteiger partial charge >= 0.3 is 0 Å². The first-order valence-electron chi connectivity index (χ1n) is 9.22. The molecule has 2 fully saturated rings. The van der Waals surface area contributed by atoms with E-state index in [-0.39, 0.29) is 5.91 Å². The number of amides is 1. The molecule has 132 valence electrons. The van der Waals surface area contributed by atoms with Crippen molar-refractivity contribution in [3.8, 4) is 0 Å². The fraction of sp³-hybridized carbons (Fsp3) is 0.611. The largest absolute Gasteiger partial charge is 0.472 e. The van der Waals surface area contributed by atoms with Crippen molar-refractivity contribution in [1.82, 2.24) is 25.0 Å². The number of hydrogen-bond donors (Lipinski definition) is 1. The maximum absolute atomic E-state index is 12.5. The fourth-order valence-electron chi connectivity index (χ4n) is 4.36. The van der Waals surface area contributed by atoms with Gasteiger partial charge in [0, 0.05) is 44.2 Å². The zero-order valence-corrected chi connectivity index (χ0v) is 14.2. The van der Waals surface area contributed by atoms with Crippen molar-refractivity contribution in [2.45, 2.75) is 44.8 Å². The fourth-order valence-corrected chi connectivity index (χ4v) is 4.36. The molecular weight excluding hydrogens is 318 g/mol. The van der Waals surface area contributed by atoms with E-state index in [2.05, 4.69) is 25.0 Å². The van der Waals surface area contributed by atoms with Crippen LogP contribution in [0.4, 0.5) is 0 Å². The summed E-state index contributed by atoms with van der Waals surface area (Å²) in [7, 11) is 0.